The van der Waals surface area contributed by atoms with Crippen LogP contribution in [0.5, 0.6) is 0 Å². The van der Waals surface area contributed by atoms with Gasteiger partial charge in [0.2, 0.25) is 0 Å². The lowest BCUT2D eigenvalue weighted by molar-refractivity contribution is -0.384. The molecule has 1 fully saturated rings. The Labute approximate surface area is 201 Å². The minimum atomic E-state index is -0.524. The van der Waals surface area contributed by atoms with Crippen molar-refractivity contribution in [2.24, 2.45) is 0 Å². The van der Waals surface area contributed by atoms with E-state index in [-0.39, 0.29) is 22.9 Å². The average Bonchev–Trinajstić information content (AvgIpc) is 3.21. The second kappa shape index (κ2) is 9.07. The van der Waals surface area contributed by atoms with Gasteiger partial charge >= 0.3 is 0 Å². The SMILES string of the molecule is CN1CCN(c2ccc(C(=O)Nc3ccc(-c4nc5ccc([N+](=O)[O-])cc5n4O)cc3)cc2)CC1. The van der Waals surface area contributed by atoms with E-state index in [1.165, 1.54) is 18.2 Å². The molecule has 2 N–H and O–H groups in total. The van der Waals surface area contributed by atoms with E-state index in [2.05, 4.69) is 27.1 Å². The summed E-state index contributed by atoms with van der Waals surface area (Å²) >= 11 is 0. The van der Waals surface area contributed by atoms with Gasteiger partial charge in [0.05, 0.1) is 10.4 Å². The topological polar surface area (TPSA) is 117 Å². The van der Waals surface area contributed by atoms with Gasteiger partial charge in [-0.2, -0.15) is 4.73 Å². The normalized spacial score (nSPS) is 14.3. The predicted octanol–water partition coefficient (Wildman–Crippen LogP) is 3.85. The van der Waals surface area contributed by atoms with Crippen LogP contribution < -0.4 is 10.2 Å². The van der Waals surface area contributed by atoms with Crippen LogP contribution in [-0.4, -0.2) is 63.9 Å². The Hall–Kier alpha value is -4.44. The number of nitrogens with one attached hydrogen (secondary N) is 1. The number of rotatable bonds is 5. The van der Waals surface area contributed by atoms with E-state index in [0.717, 1.165) is 36.6 Å². The number of non-ortho nitro benzene ring substituents is 1. The number of carbonyl (C=O) groups is 1. The smallest absolute Gasteiger partial charge is 0.271 e. The number of likely N-dealkylation sites (N-methyl/N-ethyl adjacent to an activating group) is 1. The summed E-state index contributed by atoms with van der Waals surface area (Å²) < 4.78 is 0.831. The molecule has 1 saturated heterocycles. The van der Waals surface area contributed by atoms with E-state index >= 15 is 0 Å². The first-order chi connectivity index (χ1) is 16.9. The van der Waals surface area contributed by atoms with Crippen molar-refractivity contribution >= 4 is 34.0 Å². The fraction of sp³-hybridized carbons (Fsp3) is 0.200. The molecule has 0 spiro atoms. The number of piperazine rings is 1. The summed E-state index contributed by atoms with van der Waals surface area (Å²) in [6.45, 7) is 3.97. The Kier molecular flexibility index (Phi) is 5.79. The highest BCUT2D eigenvalue weighted by Crippen LogP contribution is 2.27. The van der Waals surface area contributed by atoms with Crippen LogP contribution in [-0.2, 0) is 0 Å². The number of carbonyl (C=O) groups excluding carboxylic acids is 1. The number of hydrogen-bond donors (Lipinski definition) is 2. The molecule has 5 rings (SSSR count). The third-order valence-corrected chi connectivity index (χ3v) is 6.22. The fourth-order valence-corrected chi connectivity index (χ4v) is 4.15. The molecule has 4 aromatic rings. The number of nitrogens with zero attached hydrogens (tertiary/aromatic N) is 5. The molecule has 0 aliphatic carbocycles. The lowest BCUT2D eigenvalue weighted by atomic mass is 10.1. The van der Waals surface area contributed by atoms with Crippen molar-refractivity contribution in [1.82, 2.24) is 14.6 Å². The molecule has 0 radical (unpaired) electrons. The molecular weight excluding hydrogens is 448 g/mol. The molecule has 178 valence electrons. The van der Waals surface area contributed by atoms with Gasteiger partial charge in [-0.1, -0.05) is 0 Å². The van der Waals surface area contributed by atoms with Crippen molar-refractivity contribution in [3.05, 3.63) is 82.4 Å². The van der Waals surface area contributed by atoms with Crippen molar-refractivity contribution in [3.8, 4) is 11.4 Å². The van der Waals surface area contributed by atoms with Crippen LogP contribution in [0.15, 0.2) is 66.7 Å². The Morgan fingerprint density at radius 2 is 1.69 bits per heavy atom. The van der Waals surface area contributed by atoms with Crippen LogP contribution in [0.4, 0.5) is 17.1 Å². The van der Waals surface area contributed by atoms with E-state index in [4.69, 9.17) is 0 Å². The third kappa shape index (κ3) is 4.51. The minimum absolute atomic E-state index is 0.131. The van der Waals surface area contributed by atoms with Crippen molar-refractivity contribution in [2.75, 3.05) is 43.4 Å². The number of anilines is 2. The zero-order valence-corrected chi connectivity index (χ0v) is 19.1. The second-order valence-electron chi connectivity index (χ2n) is 8.55. The molecule has 10 heteroatoms. The molecule has 10 nitrogen and oxygen atoms in total. The Balaban J connectivity index is 1.28. The van der Waals surface area contributed by atoms with Gasteiger partial charge in [0.15, 0.2) is 5.82 Å². The first-order valence-corrected chi connectivity index (χ1v) is 11.2. The Bertz CT molecular complexity index is 1390. The number of aromatic nitrogens is 2. The van der Waals surface area contributed by atoms with Crippen LogP contribution in [0.2, 0.25) is 0 Å². The van der Waals surface area contributed by atoms with E-state index in [1.54, 1.807) is 24.3 Å². The molecule has 1 amide bonds. The zero-order chi connectivity index (χ0) is 24.5. The van der Waals surface area contributed by atoms with Gasteiger partial charge in [-0.05, 0) is 61.6 Å². The van der Waals surface area contributed by atoms with Crippen molar-refractivity contribution in [2.45, 2.75) is 0 Å². The standard InChI is InChI=1S/C25H24N6O4/c1-28-12-14-29(15-13-28)20-8-4-18(5-9-20)25(32)26-19-6-2-17(3-7-19)24-27-22-11-10-21(31(34)35)16-23(22)30(24)33/h2-11,16,33H,12-15H2,1H3,(H,26,32). The summed E-state index contributed by atoms with van der Waals surface area (Å²) in [6.07, 6.45) is 0. The number of imidazole rings is 1. The summed E-state index contributed by atoms with van der Waals surface area (Å²) in [7, 11) is 2.12. The van der Waals surface area contributed by atoms with Gasteiger partial charge in [-0.25, -0.2) is 4.98 Å². The van der Waals surface area contributed by atoms with Gasteiger partial charge in [0.25, 0.3) is 11.6 Å². The van der Waals surface area contributed by atoms with Crippen LogP contribution in [0.3, 0.4) is 0 Å². The molecule has 3 aromatic carbocycles. The highest BCUT2D eigenvalue weighted by Gasteiger charge is 2.17. The molecular formula is C25H24N6O4. The molecule has 0 unspecified atom stereocenters. The van der Waals surface area contributed by atoms with Crippen LogP contribution in [0, 0.1) is 10.1 Å². The lowest BCUT2D eigenvalue weighted by Gasteiger charge is -2.34. The van der Waals surface area contributed by atoms with Crippen molar-refractivity contribution < 1.29 is 14.9 Å². The summed E-state index contributed by atoms with van der Waals surface area (Å²) in [5, 5.41) is 24.4. The van der Waals surface area contributed by atoms with E-state index < -0.39 is 4.92 Å². The molecule has 1 aliphatic rings. The third-order valence-electron chi connectivity index (χ3n) is 6.22. The number of benzene rings is 3. The molecule has 0 bridgehead atoms. The van der Waals surface area contributed by atoms with Crippen molar-refractivity contribution in [1.29, 1.82) is 0 Å². The van der Waals surface area contributed by atoms with E-state index in [9.17, 15) is 20.1 Å². The van der Waals surface area contributed by atoms with Crippen LogP contribution in [0.25, 0.3) is 22.4 Å². The van der Waals surface area contributed by atoms with Gasteiger partial charge in [-0.3, -0.25) is 14.9 Å². The number of nitro groups is 1. The maximum absolute atomic E-state index is 12.7. The maximum Gasteiger partial charge on any atom is 0.271 e. The second-order valence-corrected chi connectivity index (χ2v) is 8.55. The molecule has 35 heavy (non-hydrogen) atoms. The molecule has 0 saturated carbocycles. The molecule has 1 aromatic heterocycles. The van der Waals surface area contributed by atoms with Gasteiger partial charge in [0, 0.05) is 60.8 Å². The predicted molar refractivity (Wildman–Crippen MR) is 133 cm³/mol. The molecule has 1 aliphatic heterocycles. The number of fused-ring (bicyclic) bond motifs is 1. The van der Waals surface area contributed by atoms with Crippen molar-refractivity contribution in [3.63, 3.8) is 0 Å². The number of hydrogen-bond acceptors (Lipinski definition) is 7. The highest BCUT2D eigenvalue weighted by atomic mass is 16.6. The summed E-state index contributed by atoms with van der Waals surface area (Å²) in [5.74, 6) is 0.0299. The van der Waals surface area contributed by atoms with Gasteiger partial charge in [0.1, 0.15) is 5.52 Å². The average molecular weight is 473 g/mol. The molecule has 0 atom stereocenters. The van der Waals surface area contributed by atoms with Crippen LogP contribution in [0.1, 0.15) is 10.4 Å². The van der Waals surface area contributed by atoms with Gasteiger partial charge < -0.3 is 20.3 Å². The largest absolute Gasteiger partial charge is 0.426 e. The zero-order valence-electron chi connectivity index (χ0n) is 19.1. The lowest BCUT2D eigenvalue weighted by Crippen LogP contribution is -2.44. The van der Waals surface area contributed by atoms with Crippen LogP contribution >= 0.6 is 0 Å². The minimum Gasteiger partial charge on any atom is -0.426 e. The summed E-state index contributed by atoms with van der Waals surface area (Å²) in [5.41, 5.74) is 3.41. The maximum atomic E-state index is 12.7. The first-order valence-electron chi connectivity index (χ1n) is 11.2. The molecule has 2 heterocycles. The first kappa shape index (κ1) is 22.4. The summed E-state index contributed by atoms with van der Waals surface area (Å²) in [6, 6.07) is 18.6. The number of nitro benzene ring substituents is 1. The quantitative estimate of drug-likeness (QED) is 0.257. The Morgan fingerprint density at radius 3 is 2.34 bits per heavy atom. The van der Waals surface area contributed by atoms with E-state index in [1.807, 2.05) is 24.3 Å². The number of amides is 1. The summed E-state index contributed by atoms with van der Waals surface area (Å²) in [4.78, 5) is 32.2. The fourth-order valence-electron chi connectivity index (χ4n) is 4.15. The highest BCUT2D eigenvalue weighted by molar-refractivity contribution is 6.04. The Morgan fingerprint density at radius 1 is 1.00 bits per heavy atom. The monoisotopic (exact) mass is 472 g/mol. The van der Waals surface area contributed by atoms with Gasteiger partial charge in [-0.15, -0.1) is 0 Å². The van der Waals surface area contributed by atoms with E-state index in [0.29, 0.717) is 22.3 Å².